The summed E-state index contributed by atoms with van der Waals surface area (Å²) in [6.07, 6.45) is 3.04. The SMILES string of the molecule is CCCc1nc(SCCC[Si](OC)(OC)OC)nn1C(=O)NCCC[Si](OCC)(OCC)OCC. The zero-order valence-electron chi connectivity index (χ0n) is 22.4. The second-order valence-corrected chi connectivity index (χ2v) is 14.4. The van der Waals surface area contributed by atoms with E-state index in [1.165, 1.54) is 16.4 Å². The quantitative estimate of drug-likeness (QED) is 0.146. The van der Waals surface area contributed by atoms with Crippen LogP contribution in [0.15, 0.2) is 5.16 Å². The molecular formula is C21H44N4O7SSi2. The molecule has 0 aliphatic rings. The van der Waals surface area contributed by atoms with Gasteiger partial charge in [-0.25, -0.2) is 9.78 Å². The summed E-state index contributed by atoms with van der Waals surface area (Å²) in [5.74, 6) is 1.42. The van der Waals surface area contributed by atoms with Crippen LogP contribution >= 0.6 is 11.8 Å². The molecule has 0 saturated carbocycles. The van der Waals surface area contributed by atoms with Gasteiger partial charge in [0.2, 0.25) is 5.16 Å². The summed E-state index contributed by atoms with van der Waals surface area (Å²) in [4.78, 5) is 17.4. The number of thioether (sulfide) groups is 1. The predicted octanol–water partition coefficient (Wildman–Crippen LogP) is 3.59. The van der Waals surface area contributed by atoms with Crippen LogP contribution in [0.25, 0.3) is 0 Å². The molecule has 0 aromatic carbocycles. The number of aryl methyl sites for hydroxylation is 1. The first-order valence-corrected chi connectivity index (χ1v) is 17.2. The molecule has 11 nitrogen and oxygen atoms in total. The van der Waals surface area contributed by atoms with Crippen molar-refractivity contribution >= 4 is 35.4 Å². The zero-order valence-corrected chi connectivity index (χ0v) is 25.2. The molecule has 0 aliphatic heterocycles. The van der Waals surface area contributed by atoms with Gasteiger partial charge in [0.25, 0.3) is 0 Å². The molecular weight excluding hydrogens is 508 g/mol. The number of hydrogen-bond donors (Lipinski definition) is 1. The third kappa shape index (κ3) is 10.6. The molecule has 0 aliphatic carbocycles. The van der Waals surface area contributed by atoms with E-state index in [2.05, 4.69) is 15.4 Å². The molecule has 0 radical (unpaired) electrons. The molecule has 1 heterocycles. The first kappa shape index (κ1) is 32.2. The van der Waals surface area contributed by atoms with E-state index in [1.807, 2.05) is 27.7 Å². The largest absolute Gasteiger partial charge is 0.500 e. The molecule has 14 heteroatoms. The Morgan fingerprint density at radius 2 is 1.49 bits per heavy atom. The molecule has 0 bridgehead atoms. The average Bonchev–Trinajstić information content (AvgIpc) is 3.26. The van der Waals surface area contributed by atoms with E-state index in [0.29, 0.717) is 62.3 Å². The smallest absolute Gasteiger partial charge is 0.377 e. The Labute approximate surface area is 216 Å². The van der Waals surface area contributed by atoms with E-state index in [1.54, 1.807) is 21.3 Å². The van der Waals surface area contributed by atoms with Crippen LogP contribution in [0.1, 0.15) is 52.8 Å². The van der Waals surface area contributed by atoms with Crippen molar-refractivity contribution in [2.75, 3.05) is 53.4 Å². The Morgan fingerprint density at radius 3 is 2.00 bits per heavy atom. The maximum Gasteiger partial charge on any atom is 0.500 e. The van der Waals surface area contributed by atoms with E-state index in [4.69, 9.17) is 26.6 Å². The number of nitrogens with one attached hydrogen (secondary N) is 1. The van der Waals surface area contributed by atoms with Crippen molar-refractivity contribution < 1.29 is 31.4 Å². The monoisotopic (exact) mass is 552 g/mol. The molecule has 0 spiro atoms. The third-order valence-electron chi connectivity index (χ3n) is 5.14. The number of rotatable bonds is 20. The van der Waals surface area contributed by atoms with Gasteiger partial charge in [0.1, 0.15) is 5.82 Å². The number of carbonyl (C=O) groups is 1. The summed E-state index contributed by atoms with van der Waals surface area (Å²) in [5, 5.41) is 7.97. The van der Waals surface area contributed by atoms with Crippen molar-refractivity contribution in [2.24, 2.45) is 0 Å². The Hall–Kier alpha value is -0.846. The van der Waals surface area contributed by atoms with Crippen molar-refractivity contribution in [2.45, 2.75) is 70.6 Å². The summed E-state index contributed by atoms with van der Waals surface area (Å²) in [7, 11) is -0.481. The highest BCUT2D eigenvalue weighted by molar-refractivity contribution is 7.99. The fourth-order valence-electron chi connectivity index (χ4n) is 3.52. The topological polar surface area (TPSA) is 115 Å². The summed E-state index contributed by atoms with van der Waals surface area (Å²) in [6.45, 7) is 9.91. The van der Waals surface area contributed by atoms with Crippen LogP contribution in [0.4, 0.5) is 4.79 Å². The van der Waals surface area contributed by atoms with Gasteiger partial charge in [-0.2, -0.15) is 4.68 Å². The van der Waals surface area contributed by atoms with Crippen LogP contribution in [-0.4, -0.2) is 91.9 Å². The molecule has 0 fully saturated rings. The zero-order chi connectivity index (χ0) is 26.2. The molecule has 0 unspecified atom stereocenters. The van der Waals surface area contributed by atoms with Crippen LogP contribution in [0, 0.1) is 0 Å². The number of carbonyl (C=O) groups excluding carboxylic acids is 1. The number of amides is 1. The van der Waals surface area contributed by atoms with Crippen molar-refractivity contribution in [3.05, 3.63) is 5.82 Å². The summed E-state index contributed by atoms with van der Waals surface area (Å²) < 4.78 is 35.4. The number of nitrogens with zero attached hydrogens (tertiary/aromatic N) is 3. The van der Waals surface area contributed by atoms with E-state index in [0.717, 1.165) is 18.6 Å². The lowest BCUT2D eigenvalue weighted by Gasteiger charge is -2.28. The van der Waals surface area contributed by atoms with E-state index in [9.17, 15) is 4.79 Å². The lowest BCUT2D eigenvalue weighted by molar-refractivity contribution is 0.0708. The third-order valence-corrected chi connectivity index (χ3v) is 12.0. The molecule has 1 aromatic rings. The van der Waals surface area contributed by atoms with Crippen LogP contribution in [-0.2, 0) is 33.0 Å². The van der Waals surface area contributed by atoms with Crippen molar-refractivity contribution in [1.29, 1.82) is 0 Å². The van der Waals surface area contributed by atoms with E-state index < -0.39 is 17.6 Å². The van der Waals surface area contributed by atoms with E-state index in [-0.39, 0.29) is 6.03 Å². The summed E-state index contributed by atoms with van der Waals surface area (Å²) in [5.41, 5.74) is 0. The Bertz CT molecular complexity index is 701. The lowest BCUT2D eigenvalue weighted by atomic mass is 10.3. The minimum absolute atomic E-state index is 0.283. The Kier molecular flexibility index (Phi) is 16.2. The standard InChI is InChI=1S/C21H44N4O7SSi2/c1-8-14-19-23-20(33-16-13-18-34(27-5,28-6)29-7)24-25(19)21(26)22-15-12-17-35(30-9-2,31-10-3)32-11-4/h8-18H2,1-7H3,(H,22,26). The maximum atomic E-state index is 12.8. The van der Waals surface area contributed by atoms with Crippen molar-refractivity contribution in [3.63, 3.8) is 0 Å². The molecule has 204 valence electrons. The maximum absolute atomic E-state index is 12.8. The minimum Gasteiger partial charge on any atom is -0.377 e. The summed E-state index contributed by atoms with van der Waals surface area (Å²) in [6, 6.07) is 1.05. The van der Waals surface area contributed by atoms with Crippen LogP contribution in [0.3, 0.4) is 0 Å². The number of hydrogen-bond acceptors (Lipinski definition) is 10. The van der Waals surface area contributed by atoms with Crippen molar-refractivity contribution in [3.8, 4) is 0 Å². The fraction of sp³-hybridized carbons (Fsp3) is 0.857. The Morgan fingerprint density at radius 1 is 0.914 bits per heavy atom. The minimum atomic E-state index is -2.72. The van der Waals surface area contributed by atoms with Gasteiger partial charge in [-0.1, -0.05) is 18.7 Å². The van der Waals surface area contributed by atoms with Gasteiger partial charge in [0, 0.05) is 72.0 Å². The van der Waals surface area contributed by atoms with Crippen molar-refractivity contribution in [1.82, 2.24) is 20.1 Å². The highest BCUT2D eigenvalue weighted by Crippen LogP contribution is 2.21. The Balaban J connectivity index is 2.66. The van der Waals surface area contributed by atoms with Gasteiger partial charge in [0.15, 0.2) is 0 Å². The van der Waals surface area contributed by atoms with E-state index >= 15 is 0 Å². The second-order valence-electron chi connectivity index (χ2n) is 7.54. The molecule has 1 aromatic heterocycles. The van der Waals surface area contributed by atoms with Gasteiger partial charge in [0.05, 0.1) is 0 Å². The van der Waals surface area contributed by atoms with Crippen LogP contribution < -0.4 is 5.32 Å². The molecule has 35 heavy (non-hydrogen) atoms. The summed E-state index contributed by atoms with van der Waals surface area (Å²) >= 11 is 1.51. The van der Waals surface area contributed by atoms with Crippen LogP contribution in [0.5, 0.6) is 0 Å². The lowest BCUT2D eigenvalue weighted by Crippen LogP contribution is -2.46. The molecule has 1 N–H and O–H groups in total. The highest BCUT2D eigenvalue weighted by Gasteiger charge is 2.39. The molecule has 0 atom stereocenters. The number of aromatic nitrogens is 3. The van der Waals surface area contributed by atoms with Gasteiger partial charge < -0.3 is 31.9 Å². The second kappa shape index (κ2) is 17.6. The van der Waals surface area contributed by atoms with Gasteiger partial charge in [-0.3, -0.25) is 0 Å². The normalized spacial score (nSPS) is 12.3. The molecule has 0 saturated heterocycles. The van der Waals surface area contributed by atoms with Gasteiger partial charge in [-0.05, 0) is 40.0 Å². The first-order valence-electron chi connectivity index (χ1n) is 12.3. The fourth-order valence-corrected chi connectivity index (χ4v) is 8.89. The van der Waals surface area contributed by atoms with Gasteiger partial charge >= 0.3 is 23.6 Å². The molecule has 1 rings (SSSR count). The van der Waals surface area contributed by atoms with Crippen LogP contribution in [0.2, 0.25) is 12.1 Å². The predicted molar refractivity (Wildman–Crippen MR) is 140 cm³/mol. The average molecular weight is 553 g/mol. The first-order chi connectivity index (χ1) is 16.9. The highest BCUT2D eigenvalue weighted by atomic mass is 32.2. The van der Waals surface area contributed by atoms with Gasteiger partial charge in [-0.15, -0.1) is 5.10 Å². The molecule has 1 amide bonds.